The van der Waals surface area contributed by atoms with E-state index in [0.29, 0.717) is 35.7 Å². The maximum absolute atomic E-state index is 13.3. The van der Waals surface area contributed by atoms with Gasteiger partial charge in [0.15, 0.2) is 5.60 Å². The molecule has 0 bridgehead atoms. The summed E-state index contributed by atoms with van der Waals surface area (Å²) in [5, 5.41) is 11.9. The summed E-state index contributed by atoms with van der Waals surface area (Å²) in [5.41, 5.74) is 1.59. The first-order valence-electron chi connectivity index (χ1n) is 11.9. The molecule has 8 heteroatoms. The van der Waals surface area contributed by atoms with E-state index in [0.717, 1.165) is 41.9 Å². The summed E-state index contributed by atoms with van der Waals surface area (Å²) >= 11 is 0. The van der Waals surface area contributed by atoms with Crippen LogP contribution in [0.5, 0.6) is 5.75 Å². The quantitative estimate of drug-likeness (QED) is 0.421. The Morgan fingerprint density at radius 3 is 2.71 bits per heavy atom. The molecule has 2 aliphatic heterocycles. The molecule has 4 heterocycles. The van der Waals surface area contributed by atoms with Crippen LogP contribution in [-0.4, -0.2) is 51.8 Å². The van der Waals surface area contributed by atoms with Gasteiger partial charge in [-0.1, -0.05) is 20.8 Å². The van der Waals surface area contributed by atoms with E-state index in [4.69, 9.17) is 14.5 Å². The van der Waals surface area contributed by atoms with Crippen LogP contribution in [0.3, 0.4) is 0 Å². The number of esters is 1. The van der Waals surface area contributed by atoms with Crippen molar-refractivity contribution in [3.05, 3.63) is 57.4 Å². The van der Waals surface area contributed by atoms with Gasteiger partial charge in [-0.25, -0.2) is 9.78 Å². The Morgan fingerprint density at radius 2 is 1.97 bits per heavy atom. The van der Waals surface area contributed by atoms with E-state index < -0.39 is 11.6 Å². The van der Waals surface area contributed by atoms with Crippen LogP contribution in [0, 0.1) is 0 Å². The molecule has 1 atom stereocenters. The van der Waals surface area contributed by atoms with Gasteiger partial charge in [0, 0.05) is 23.1 Å². The third kappa shape index (κ3) is 3.49. The molecule has 1 N–H and O–H groups in total. The molecule has 34 heavy (non-hydrogen) atoms. The Hall–Kier alpha value is -3.23. The topological polar surface area (TPSA) is 93.9 Å². The van der Waals surface area contributed by atoms with E-state index in [1.807, 2.05) is 24.3 Å². The van der Waals surface area contributed by atoms with E-state index in [-0.39, 0.29) is 18.6 Å². The van der Waals surface area contributed by atoms with Crippen molar-refractivity contribution >= 4 is 16.9 Å². The van der Waals surface area contributed by atoms with Gasteiger partial charge in [-0.15, -0.1) is 0 Å². The summed E-state index contributed by atoms with van der Waals surface area (Å²) in [7, 11) is 0. The molecule has 0 amide bonds. The Morgan fingerprint density at radius 1 is 1.18 bits per heavy atom. The van der Waals surface area contributed by atoms with Gasteiger partial charge >= 0.3 is 5.97 Å². The molecule has 0 radical (unpaired) electrons. The van der Waals surface area contributed by atoms with E-state index in [1.54, 1.807) is 17.6 Å². The molecular weight excluding hydrogens is 434 g/mol. The van der Waals surface area contributed by atoms with E-state index in [1.165, 1.54) is 0 Å². The lowest BCUT2D eigenvalue weighted by Crippen LogP contribution is -2.44. The van der Waals surface area contributed by atoms with Crippen LogP contribution >= 0.6 is 0 Å². The number of hydrogen-bond acceptors (Lipinski definition) is 7. The van der Waals surface area contributed by atoms with Crippen LogP contribution in [0.25, 0.3) is 22.3 Å². The van der Waals surface area contributed by atoms with Crippen LogP contribution in [0.1, 0.15) is 43.9 Å². The average molecular weight is 464 g/mol. The first-order chi connectivity index (χ1) is 16.4. The Kier molecular flexibility index (Phi) is 5.65. The van der Waals surface area contributed by atoms with Crippen molar-refractivity contribution in [2.45, 2.75) is 45.9 Å². The lowest BCUT2D eigenvalue weighted by molar-refractivity contribution is -0.172. The molecule has 1 aromatic carbocycles. The summed E-state index contributed by atoms with van der Waals surface area (Å²) in [5.74, 6) is 0.0679. The van der Waals surface area contributed by atoms with Crippen molar-refractivity contribution in [2.75, 3.05) is 26.2 Å². The number of benzene rings is 1. The molecule has 178 valence electrons. The average Bonchev–Trinajstić information content (AvgIpc) is 3.21. The zero-order valence-corrected chi connectivity index (χ0v) is 19.8. The Balaban J connectivity index is 1.51. The molecule has 2 aliphatic rings. The van der Waals surface area contributed by atoms with Crippen molar-refractivity contribution in [1.82, 2.24) is 14.5 Å². The largest absolute Gasteiger partial charge is 0.492 e. The van der Waals surface area contributed by atoms with E-state index in [9.17, 15) is 14.7 Å². The molecule has 0 spiro atoms. The number of aromatic nitrogens is 2. The number of carbonyl (C=O) groups is 1. The number of fused-ring (bicyclic) bond motifs is 5. The molecule has 5 rings (SSSR count). The first-order valence-corrected chi connectivity index (χ1v) is 11.9. The fourth-order valence-electron chi connectivity index (χ4n) is 4.89. The number of cyclic esters (lactones) is 1. The second-order valence-electron chi connectivity index (χ2n) is 8.83. The van der Waals surface area contributed by atoms with Gasteiger partial charge in [0.1, 0.15) is 19.0 Å². The van der Waals surface area contributed by atoms with Gasteiger partial charge in [-0.05, 0) is 49.8 Å². The maximum atomic E-state index is 13.3. The number of aliphatic hydroxyl groups is 1. The molecule has 0 saturated carbocycles. The summed E-state index contributed by atoms with van der Waals surface area (Å²) in [6.07, 6.45) is 0.122. The summed E-state index contributed by atoms with van der Waals surface area (Å²) in [6, 6.07) is 9.57. The second-order valence-corrected chi connectivity index (χ2v) is 8.83. The predicted molar refractivity (Wildman–Crippen MR) is 128 cm³/mol. The molecule has 3 aromatic rings. The SMILES string of the molecule is CCN(CC)CCOc1ccc2nc3c(cc2c1)Cn1c-3cc2c(c1=O)COC(=O)[C@]2(O)CC. The Labute approximate surface area is 197 Å². The standard InChI is InChI=1S/C26H29N3O5/c1-4-26(32)20-13-22-23-17(14-29(22)24(30)19(20)15-34-25(26)31)11-16-12-18(7-8-21(16)27-23)33-10-9-28(5-2)6-3/h7-8,11-13,32H,4-6,9-10,14-15H2,1-3H3/t26-/m0/s1. The van der Waals surface area contributed by atoms with Gasteiger partial charge in [0.2, 0.25) is 0 Å². The first kappa shape index (κ1) is 22.6. The number of likely N-dealkylation sites (N-methyl/N-ethyl adjacent to an activating group) is 1. The number of rotatable bonds is 7. The number of carbonyl (C=O) groups excluding carboxylic acids is 1. The third-order valence-electron chi connectivity index (χ3n) is 7.05. The van der Waals surface area contributed by atoms with Gasteiger partial charge in [0.25, 0.3) is 5.56 Å². The minimum Gasteiger partial charge on any atom is -0.492 e. The minimum atomic E-state index is -1.82. The highest BCUT2D eigenvalue weighted by molar-refractivity contribution is 5.87. The molecule has 2 aromatic heterocycles. The van der Waals surface area contributed by atoms with Crippen LogP contribution in [-0.2, 0) is 28.3 Å². The van der Waals surface area contributed by atoms with Gasteiger partial charge in [-0.2, -0.15) is 0 Å². The van der Waals surface area contributed by atoms with Crippen molar-refractivity contribution in [3.8, 4) is 17.1 Å². The third-order valence-corrected chi connectivity index (χ3v) is 7.05. The monoisotopic (exact) mass is 463 g/mol. The summed E-state index contributed by atoms with van der Waals surface area (Å²) in [6.45, 7) is 9.69. The van der Waals surface area contributed by atoms with Crippen molar-refractivity contribution in [2.24, 2.45) is 0 Å². The van der Waals surface area contributed by atoms with Crippen molar-refractivity contribution in [1.29, 1.82) is 0 Å². The Bertz CT molecular complexity index is 1340. The molecule has 0 saturated heterocycles. The van der Waals surface area contributed by atoms with Gasteiger partial charge in [-0.3, -0.25) is 4.79 Å². The number of nitrogens with zero attached hydrogens (tertiary/aromatic N) is 3. The number of pyridine rings is 2. The highest BCUT2D eigenvalue weighted by Crippen LogP contribution is 2.38. The maximum Gasteiger partial charge on any atom is 0.343 e. The fourth-order valence-corrected chi connectivity index (χ4v) is 4.89. The summed E-state index contributed by atoms with van der Waals surface area (Å²) in [4.78, 5) is 32.7. The zero-order valence-electron chi connectivity index (χ0n) is 19.8. The normalized spacial score (nSPS) is 18.6. The molecule has 0 aliphatic carbocycles. The zero-order chi connectivity index (χ0) is 24.0. The van der Waals surface area contributed by atoms with Crippen LogP contribution < -0.4 is 10.3 Å². The van der Waals surface area contributed by atoms with Crippen LogP contribution in [0.4, 0.5) is 0 Å². The lowest BCUT2D eigenvalue weighted by atomic mass is 9.86. The smallest absolute Gasteiger partial charge is 0.343 e. The highest BCUT2D eigenvalue weighted by atomic mass is 16.6. The minimum absolute atomic E-state index is 0.122. The van der Waals surface area contributed by atoms with Crippen molar-refractivity contribution < 1.29 is 19.4 Å². The van der Waals surface area contributed by atoms with E-state index in [2.05, 4.69) is 18.7 Å². The van der Waals surface area contributed by atoms with Crippen LogP contribution in [0.2, 0.25) is 0 Å². The van der Waals surface area contributed by atoms with E-state index >= 15 is 0 Å². The molecule has 0 unspecified atom stereocenters. The lowest BCUT2D eigenvalue weighted by Gasteiger charge is -2.31. The number of hydrogen-bond donors (Lipinski definition) is 1. The van der Waals surface area contributed by atoms with Crippen LogP contribution in [0.15, 0.2) is 35.1 Å². The predicted octanol–water partition coefficient (Wildman–Crippen LogP) is 2.80. The molecule has 8 nitrogen and oxygen atoms in total. The molecule has 0 fully saturated rings. The molecular formula is C26H29N3O5. The van der Waals surface area contributed by atoms with Gasteiger partial charge in [0.05, 0.1) is 29.0 Å². The number of ether oxygens (including phenoxy) is 2. The van der Waals surface area contributed by atoms with Gasteiger partial charge < -0.3 is 24.0 Å². The summed E-state index contributed by atoms with van der Waals surface area (Å²) < 4.78 is 12.7. The van der Waals surface area contributed by atoms with Crippen molar-refractivity contribution in [3.63, 3.8) is 0 Å². The fraction of sp³-hybridized carbons (Fsp3) is 0.423. The second kappa shape index (κ2) is 8.52. The highest BCUT2D eigenvalue weighted by Gasteiger charge is 2.45.